The molecule has 0 aliphatic rings. The zero-order valence-electron chi connectivity index (χ0n) is 28.4. The van der Waals surface area contributed by atoms with Crippen LogP contribution in [0.4, 0.5) is 4.79 Å². The average molecular weight is 604 g/mol. The lowest BCUT2D eigenvalue weighted by atomic mass is 10.1. The normalized spacial score (nSPS) is 13.8. The SMILES string of the molecule is CC(C)[Si](OCC/C=C/C(CCCCC(=O)N(Cc1ccccc1)C(=O)OC(C)(C)C)[Si](C)(C)C)(C(C)C)C(C)C. The average Bonchev–Trinajstić information content (AvgIpc) is 2.83. The van der Waals surface area contributed by atoms with Gasteiger partial charge in [-0.2, -0.15) is 0 Å². The van der Waals surface area contributed by atoms with Crippen molar-refractivity contribution in [2.24, 2.45) is 0 Å². The molecule has 234 valence electrons. The number of nitrogens with zero attached hydrogens (tertiary/aromatic N) is 1. The van der Waals surface area contributed by atoms with Gasteiger partial charge in [0.05, 0.1) is 14.6 Å². The van der Waals surface area contributed by atoms with Crippen LogP contribution in [0.25, 0.3) is 0 Å². The summed E-state index contributed by atoms with van der Waals surface area (Å²) in [6.45, 7) is 27.8. The summed E-state index contributed by atoms with van der Waals surface area (Å²) in [7, 11) is -3.25. The van der Waals surface area contributed by atoms with E-state index in [1.807, 2.05) is 51.1 Å². The summed E-state index contributed by atoms with van der Waals surface area (Å²) in [5, 5.41) is 0. The topological polar surface area (TPSA) is 55.8 Å². The van der Waals surface area contributed by atoms with E-state index in [0.717, 1.165) is 37.9 Å². The molecule has 0 fully saturated rings. The highest BCUT2D eigenvalue weighted by Crippen LogP contribution is 2.42. The summed E-state index contributed by atoms with van der Waals surface area (Å²) in [5.41, 5.74) is 2.60. The molecule has 0 aromatic heterocycles. The molecule has 1 unspecified atom stereocenters. The monoisotopic (exact) mass is 603 g/mol. The molecule has 2 amide bonds. The molecule has 0 heterocycles. The molecule has 0 saturated carbocycles. The lowest BCUT2D eigenvalue weighted by molar-refractivity contribution is -0.131. The third-order valence-electron chi connectivity index (χ3n) is 8.08. The highest BCUT2D eigenvalue weighted by molar-refractivity contribution is 6.78. The van der Waals surface area contributed by atoms with Gasteiger partial charge in [0.25, 0.3) is 0 Å². The third kappa shape index (κ3) is 12.6. The molecule has 41 heavy (non-hydrogen) atoms. The van der Waals surface area contributed by atoms with E-state index in [9.17, 15) is 9.59 Å². The predicted molar refractivity (Wildman–Crippen MR) is 180 cm³/mol. The van der Waals surface area contributed by atoms with Crippen molar-refractivity contribution in [3.05, 3.63) is 48.0 Å². The lowest BCUT2D eigenvalue weighted by Crippen LogP contribution is -2.47. The molecule has 7 heteroatoms. The van der Waals surface area contributed by atoms with E-state index < -0.39 is 28.1 Å². The first-order valence-electron chi connectivity index (χ1n) is 15.8. The molecule has 1 rings (SSSR count). The van der Waals surface area contributed by atoms with Crippen LogP contribution in [-0.4, -0.2) is 45.5 Å². The standard InChI is InChI=1S/C34H61NO4Si2/c1-27(2)41(28(3)4,29(5)6)38-25-19-18-23-31(40(10,11)12)22-16-17-24-32(36)35(33(37)39-34(7,8)9)26-30-20-14-13-15-21-30/h13-15,18,20-21,23,27-29,31H,16-17,19,22,24-26H2,1-12H3/b23-18+. The van der Waals surface area contributed by atoms with Gasteiger partial charge in [-0.1, -0.05) is 110 Å². The maximum Gasteiger partial charge on any atom is 0.417 e. The molecule has 1 aromatic rings. The first-order valence-corrected chi connectivity index (χ1v) is 21.5. The number of allylic oxidation sites excluding steroid dienone is 1. The molecule has 5 nitrogen and oxygen atoms in total. The van der Waals surface area contributed by atoms with Crippen molar-refractivity contribution in [2.45, 2.75) is 148 Å². The molecule has 0 N–H and O–H groups in total. The maximum atomic E-state index is 13.2. The molecule has 0 saturated heterocycles. The van der Waals surface area contributed by atoms with Crippen molar-refractivity contribution in [1.82, 2.24) is 4.90 Å². The molecule has 0 radical (unpaired) electrons. The minimum atomic E-state index is -1.83. The van der Waals surface area contributed by atoms with E-state index in [4.69, 9.17) is 9.16 Å². The summed E-state index contributed by atoms with van der Waals surface area (Å²) in [5.74, 6) is -0.173. The molecule has 1 atom stereocenters. The molecular weight excluding hydrogens is 543 g/mol. The van der Waals surface area contributed by atoms with Crippen LogP contribution in [0, 0.1) is 0 Å². The fourth-order valence-corrected chi connectivity index (χ4v) is 13.3. The number of hydrogen-bond acceptors (Lipinski definition) is 4. The summed E-state index contributed by atoms with van der Waals surface area (Å²) in [6, 6.07) is 9.62. The number of rotatable bonds is 16. The lowest BCUT2D eigenvalue weighted by Gasteiger charge is -2.42. The number of carbonyl (C=O) groups is 2. The number of benzene rings is 1. The summed E-state index contributed by atoms with van der Waals surface area (Å²) in [4.78, 5) is 27.4. The second kappa shape index (κ2) is 16.8. The van der Waals surface area contributed by atoms with Crippen LogP contribution in [0.15, 0.2) is 42.5 Å². The van der Waals surface area contributed by atoms with Crippen molar-refractivity contribution in [2.75, 3.05) is 6.61 Å². The predicted octanol–water partition coefficient (Wildman–Crippen LogP) is 10.4. The smallest absolute Gasteiger partial charge is 0.417 e. The number of ether oxygens (including phenoxy) is 1. The Balaban J connectivity index is 2.74. The molecule has 0 aliphatic carbocycles. The van der Waals surface area contributed by atoms with E-state index in [-0.39, 0.29) is 12.5 Å². The van der Waals surface area contributed by atoms with Crippen LogP contribution in [0.2, 0.25) is 41.8 Å². The molecule has 0 bridgehead atoms. The first kappa shape index (κ1) is 37.3. The van der Waals surface area contributed by atoms with Crippen molar-refractivity contribution in [3.63, 3.8) is 0 Å². The minimum Gasteiger partial charge on any atom is -0.443 e. The Morgan fingerprint density at radius 3 is 1.95 bits per heavy atom. The Morgan fingerprint density at radius 1 is 0.902 bits per heavy atom. The second-order valence-electron chi connectivity index (χ2n) is 14.5. The second-order valence-corrected chi connectivity index (χ2v) is 25.5. The minimum absolute atomic E-state index is 0.173. The quantitative estimate of drug-likeness (QED) is 0.107. The van der Waals surface area contributed by atoms with Gasteiger partial charge in [-0.15, -0.1) is 0 Å². The molecule has 0 aliphatic heterocycles. The van der Waals surface area contributed by atoms with Crippen molar-refractivity contribution >= 4 is 28.4 Å². The number of carbonyl (C=O) groups excluding carboxylic acids is 2. The van der Waals surface area contributed by atoms with E-state index in [1.165, 1.54) is 4.90 Å². The molecule has 1 aromatic carbocycles. The van der Waals surface area contributed by atoms with Gasteiger partial charge in [0.2, 0.25) is 5.91 Å². The first-order chi connectivity index (χ1) is 18.9. The van der Waals surface area contributed by atoms with Gasteiger partial charge >= 0.3 is 6.09 Å². The summed E-state index contributed by atoms with van der Waals surface area (Å²) in [6.07, 6.45) is 8.25. The molecular formula is C34H61NO4Si2. The molecule has 0 spiro atoms. The van der Waals surface area contributed by atoms with Gasteiger partial charge in [-0.05, 0) is 67.8 Å². The van der Waals surface area contributed by atoms with Crippen LogP contribution in [-0.2, 0) is 20.5 Å². The fourth-order valence-electron chi connectivity index (χ4n) is 6.00. The van der Waals surface area contributed by atoms with E-state index in [0.29, 0.717) is 28.6 Å². The van der Waals surface area contributed by atoms with Crippen LogP contribution in [0.3, 0.4) is 0 Å². The van der Waals surface area contributed by atoms with Crippen LogP contribution in [0.1, 0.15) is 100.0 Å². The number of unbranched alkanes of at least 4 members (excludes halogenated alkanes) is 1. The zero-order valence-corrected chi connectivity index (χ0v) is 30.4. The van der Waals surface area contributed by atoms with E-state index in [2.05, 4.69) is 73.3 Å². The van der Waals surface area contributed by atoms with Gasteiger partial charge in [0, 0.05) is 13.0 Å². The van der Waals surface area contributed by atoms with E-state index >= 15 is 0 Å². The summed E-state index contributed by atoms with van der Waals surface area (Å²) >= 11 is 0. The Bertz CT molecular complexity index is 924. The van der Waals surface area contributed by atoms with E-state index in [1.54, 1.807) is 0 Å². The van der Waals surface area contributed by atoms with Crippen molar-refractivity contribution in [1.29, 1.82) is 0 Å². The Labute approximate surface area is 254 Å². The Kier molecular flexibility index (Phi) is 15.3. The van der Waals surface area contributed by atoms with Gasteiger partial charge in [0.1, 0.15) is 5.60 Å². The largest absolute Gasteiger partial charge is 0.443 e. The highest BCUT2D eigenvalue weighted by Gasteiger charge is 2.44. The van der Waals surface area contributed by atoms with Gasteiger partial charge in [-0.25, -0.2) is 9.69 Å². The van der Waals surface area contributed by atoms with Crippen molar-refractivity contribution in [3.8, 4) is 0 Å². The number of amides is 2. The van der Waals surface area contributed by atoms with Crippen molar-refractivity contribution < 1.29 is 18.8 Å². The third-order valence-corrected chi connectivity index (χ3v) is 16.9. The highest BCUT2D eigenvalue weighted by atomic mass is 28.4. The Hall–Kier alpha value is -1.71. The van der Waals surface area contributed by atoms with Gasteiger partial charge < -0.3 is 9.16 Å². The van der Waals surface area contributed by atoms with Crippen LogP contribution < -0.4 is 0 Å². The van der Waals surface area contributed by atoms with Gasteiger partial charge in [-0.3, -0.25) is 4.79 Å². The van der Waals surface area contributed by atoms with Crippen LogP contribution in [0.5, 0.6) is 0 Å². The Morgan fingerprint density at radius 2 is 1.46 bits per heavy atom. The maximum absolute atomic E-state index is 13.2. The summed E-state index contributed by atoms with van der Waals surface area (Å²) < 4.78 is 12.3. The van der Waals surface area contributed by atoms with Crippen LogP contribution >= 0.6 is 0 Å². The number of hydrogen-bond donors (Lipinski definition) is 0. The van der Waals surface area contributed by atoms with Gasteiger partial charge in [0.15, 0.2) is 8.32 Å². The zero-order chi connectivity index (χ0) is 31.4. The fraction of sp³-hybridized carbons (Fsp3) is 0.706. The number of imide groups is 1.